The number of amides is 1. The van der Waals surface area contributed by atoms with Crippen molar-refractivity contribution in [3.63, 3.8) is 0 Å². The number of rotatable bonds is 9. The van der Waals surface area contributed by atoms with Crippen LogP contribution in [0.5, 0.6) is 0 Å². The maximum atomic E-state index is 11.2. The van der Waals surface area contributed by atoms with Crippen LogP contribution in [0.1, 0.15) is 33.1 Å². The monoisotopic (exact) mass is 217 g/mol. The van der Waals surface area contributed by atoms with E-state index >= 15 is 0 Å². The molecule has 0 aromatic rings. The van der Waals surface area contributed by atoms with E-state index in [1.807, 2.05) is 13.8 Å². The SMILES string of the molecule is CCOCCC(=O)NCCCC(C)CO. The molecule has 0 aromatic heterocycles. The van der Waals surface area contributed by atoms with Crippen LogP contribution in [0.4, 0.5) is 0 Å². The Morgan fingerprint density at radius 3 is 2.87 bits per heavy atom. The number of carbonyl (C=O) groups is 1. The van der Waals surface area contributed by atoms with Crippen molar-refractivity contribution in [3.8, 4) is 0 Å². The first kappa shape index (κ1) is 14.4. The average molecular weight is 217 g/mol. The van der Waals surface area contributed by atoms with Gasteiger partial charge in [0, 0.05) is 26.2 Å². The number of aliphatic hydroxyl groups excluding tert-OH is 1. The molecule has 0 spiro atoms. The van der Waals surface area contributed by atoms with Crippen LogP contribution in [0.15, 0.2) is 0 Å². The molecular weight excluding hydrogens is 194 g/mol. The Kier molecular flexibility index (Phi) is 9.52. The highest BCUT2D eigenvalue weighted by atomic mass is 16.5. The van der Waals surface area contributed by atoms with Crippen LogP contribution in [0, 0.1) is 5.92 Å². The minimum atomic E-state index is 0.0418. The van der Waals surface area contributed by atoms with Gasteiger partial charge in [0.05, 0.1) is 6.61 Å². The largest absolute Gasteiger partial charge is 0.396 e. The van der Waals surface area contributed by atoms with E-state index in [4.69, 9.17) is 9.84 Å². The zero-order chi connectivity index (χ0) is 11.5. The van der Waals surface area contributed by atoms with Crippen LogP contribution in [-0.4, -0.2) is 37.4 Å². The van der Waals surface area contributed by atoms with Gasteiger partial charge in [-0.3, -0.25) is 4.79 Å². The number of nitrogens with one attached hydrogen (secondary N) is 1. The predicted molar refractivity (Wildman–Crippen MR) is 59.6 cm³/mol. The molecule has 0 radical (unpaired) electrons. The number of carbonyl (C=O) groups excluding carboxylic acids is 1. The fraction of sp³-hybridized carbons (Fsp3) is 0.909. The predicted octanol–water partition coefficient (Wildman–Crippen LogP) is 0.938. The lowest BCUT2D eigenvalue weighted by atomic mass is 10.1. The molecule has 0 fully saturated rings. The Balaban J connectivity index is 3.23. The summed E-state index contributed by atoms with van der Waals surface area (Å²) in [4.78, 5) is 11.2. The Morgan fingerprint density at radius 1 is 1.53 bits per heavy atom. The summed E-state index contributed by atoms with van der Waals surface area (Å²) in [6.07, 6.45) is 2.30. The van der Waals surface area contributed by atoms with E-state index in [0.29, 0.717) is 32.1 Å². The molecule has 4 heteroatoms. The van der Waals surface area contributed by atoms with Gasteiger partial charge in [0.15, 0.2) is 0 Å². The van der Waals surface area contributed by atoms with Gasteiger partial charge in [-0.15, -0.1) is 0 Å². The molecule has 0 aromatic carbocycles. The summed E-state index contributed by atoms with van der Waals surface area (Å²) in [6, 6.07) is 0. The number of hydrogen-bond donors (Lipinski definition) is 2. The third-order valence-electron chi connectivity index (χ3n) is 2.19. The molecule has 2 N–H and O–H groups in total. The topological polar surface area (TPSA) is 58.6 Å². The molecular formula is C11H23NO3. The molecule has 0 aliphatic rings. The molecule has 1 atom stereocenters. The summed E-state index contributed by atoms with van der Waals surface area (Å²) in [6.45, 7) is 5.97. The zero-order valence-corrected chi connectivity index (χ0v) is 9.79. The maximum absolute atomic E-state index is 11.2. The van der Waals surface area contributed by atoms with E-state index in [9.17, 15) is 4.79 Å². The van der Waals surface area contributed by atoms with Crippen molar-refractivity contribution in [1.29, 1.82) is 0 Å². The minimum absolute atomic E-state index is 0.0418. The van der Waals surface area contributed by atoms with Crippen molar-refractivity contribution in [3.05, 3.63) is 0 Å². The van der Waals surface area contributed by atoms with Crippen molar-refractivity contribution in [2.24, 2.45) is 5.92 Å². The Labute approximate surface area is 92.0 Å². The molecule has 90 valence electrons. The van der Waals surface area contributed by atoms with Gasteiger partial charge in [-0.05, 0) is 25.7 Å². The van der Waals surface area contributed by atoms with Gasteiger partial charge in [0.25, 0.3) is 0 Å². The number of ether oxygens (including phenoxy) is 1. The summed E-state index contributed by atoms with van der Waals surface area (Å²) in [5, 5.41) is 11.6. The molecule has 4 nitrogen and oxygen atoms in total. The van der Waals surface area contributed by atoms with Crippen LogP contribution < -0.4 is 5.32 Å². The van der Waals surface area contributed by atoms with Crippen molar-refractivity contribution in [2.75, 3.05) is 26.4 Å². The van der Waals surface area contributed by atoms with Gasteiger partial charge in [-0.1, -0.05) is 6.92 Å². The average Bonchev–Trinajstić information content (AvgIpc) is 2.24. The molecule has 0 aliphatic heterocycles. The Hall–Kier alpha value is -0.610. The molecule has 0 heterocycles. The highest BCUT2D eigenvalue weighted by Gasteiger charge is 2.02. The van der Waals surface area contributed by atoms with Crippen molar-refractivity contribution in [1.82, 2.24) is 5.32 Å². The van der Waals surface area contributed by atoms with Gasteiger partial charge >= 0.3 is 0 Å². The molecule has 0 aliphatic carbocycles. The second-order valence-electron chi connectivity index (χ2n) is 3.73. The molecule has 0 bridgehead atoms. The van der Waals surface area contributed by atoms with Gasteiger partial charge < -0.3 is 15.2 Å². The first-order valence-corrected chi connectivity index (χ1v) is 5.66. The lowest BCUT2D eigenvalue weighted by Gasteiger charge is -2.08. The van der Waals surface area contributed by atoms with Gasteiger partial charge in [-0.2, -0.15) is 0 Å². The third-order valence-corrected chi connectivity index (χ3v) is 2.19. The Bertz CT molecular complexity index is 162. The van der Waals surface area contributed by atoms with Crippen molar-refractivity contribution >= 4 is 5.91 Å². The highest BCUT2D eigenvalue weighted by molar-refractivity contribution is 5.75. The van der Waals surface area contributed by atoms with E-state index in [1.54, 1.807) is 0 Å². The van der Waals surface area contributed by atoms with E-state index in [0.717, 1.165) is 12.8 Å². The van der Waals surface area contributed by atoms with Crippen LogP contribution >= 0.6 is 0 Å². The van der Waals surface area contributed by atoms with Crippen LogP contribution in [0.25, 0.3) is 0 Å². The van der Waals surface area contributed by atoms with Crippen molar-refractivity contribution in [2.45, 2.75) is 33.1 Å². The standard InChI is InChI=1S/C11H23NO3/c1-3-15-8-6-11(14)12-7-4-5-10(2)9-13/h10,13H,3-9H2,1-2H3,(H,12,14). The fourth-order valence-corrected chi connectivity index (χ4v) is 1.17. The second-order valence-corrected chi connectivity index (χ2v) is 3.73. The third kappa shape index (κ3) is 9.69. The first-order chi connectivity index (χ1) is 7.20. The molecule has 15 heavy (non-hydrogen) atoms. The molecule has 0 rings (SSSR count). The maximum Gasteiger partial charge on any atom is 0.222 e. The fourth-order valence-electron chi connectivity index (χ4n) is 1.17. The number of hydrogen-bond acceptors (Lipinski definition) is 3. The molecule has 0 saturated heterocycles. The van der Waals surface area contributed by atoms with E-state index < -0.39 is 0 Å². The summed E-state index contributed by atoms with van der Waals surface area (Å²) in [5.41, 5.74) is 0. The van der Waals surface area contributed by atoms with E-state index in [-0.39, 0.29) is 12.5 Å². The quantitative estimate of drug-likeness (QED) is 0.565. The normalized spacial score (nSPS) is 12.5. The minimum Gasteiger partial charge on any atom is -0.396 e. The zero-order valence-electron chi connectivity index (χ0n) is 9.79. The summed E-state index contributed by atoms with van der Waals surface area (Å²) >= 11 is 0. The van der Waals surface area contributed by atoms with E-state index in [2.05, 4.69) is 5.32 Å². The summed E-state index contributed by atoms with van der Waals surface area (Å²) in [7, 11) is 0. The highest BCUT2D eigenvalue weighted by Crippen LogP contribution is 2.02. The first-order valence-electron chi connectivity index (χ1n) is 5.66. The second kappa shape index (κ2) is 9.93. The number of aliphatic hydroxyl groups is 1. The smallest absolute Gasteiger partial charge is 0.222 e. The Morgan fingerprint density at radius 2 is 2.27 bits per heavy atom. The summed E-state index contributed by atoms with van der Waals surface area (Å²) in [5.74, 6) is 0.366. The lowest BCUT2D eigenvalue weighted by Crippen LogP contribution is -2.25. The molecule has 1 unspecified atom stereocenters. The molecule has 0 saturated carbocycles. The summed E-state index contributed by atoms with van der Waals surface area (Å²) < 4.78 is 5.07. The van der Waals surface area contributed by atoms with Gasteiger partial charge in [0.2, 0.25) is 5.91 Å². The van der Waals surface area contributed by atoms with Crippen LogP contribution in [0.3, 0.4) is 0 Å². The lowest BCUT2D eigenvalue weighted by molar-refractivity contribution is -0.122. The van der Waals surface area contributed by atoms with Crippen molar-refractivity contribution < 1.29 is 14.6 Å². The van der Waals surface area contributed by atoms with Gasteiger partial charge in [0.1, 0.15) is 0 Å². The van der Waals surface area contributed by atoms with Crippen LogP contribution in [-0.2, 0) is 9.53 Å². The van der Waals surface area contributed by atoms with Gasteiger partial charge in [-0.25, -0.2) is 0 Å². The van der Waals surface area contributed by atoms with E-state index in [1.165, 1.54) is 0 Å². The van der Waals surface area contributed by atoms with Crippen LogP contribution in [0.2, 0.25) is 0 Å². The molecule has 1 amide bonds.